The Kier molecular flexibility index (Phi) is 4.07. The van der Waals surface area contributed by atoms with Gasteiger partial charge in [-0.05, 0) is 27.7 Å². The summed E-state index contributed by atoms with van der Waals surface area (Å²) >= 11 is 0. The molecule has 22 heavy (non-hydrogen) atoms. The molecule has 0 unspecified atom stereocenters. The Labute approximate surface area is 131 Å². The highest BCUT2D eigenvalue weighted by Crippen LogP contribution is 2.23. The number of hydrogen-bond donors (Lipinski definition) is 0. The number of anilines is 1. The van der Waals surface area contributed by atoms with E-state index >= 15 is 0 Å². The van der Waals surface area contributed by atoms with Crippen LogP contribution in [-0.4, -0.2) is 40.5 Å². The van der Waals surface area contributed by atoms with Gasteiger partial charge in [0.1, 0.15) is 5.69 Å². The normalized spacial score (nSPS) is 21.9. The Hall–Kier alpha value is -2.01. The van der Waals surface area contributed by atoms with Crippen LogP contribution in [0.5, 0.6) is 0 Å². The van der Waals surface area contributed by atoms with Crippen LogP contribution >= 0.6 is 0 Å². The number of aromatic nitrogens is 3. The van der Waals surface area contributed by atoms with Gasteiger partial charge in [-0.25, -0.2) is 4.98 Å². The molecule has 5 nitrogen and oxygen atoms in total. The van der Waals surface area contributed by atoms with E-state index in [2.05, 4.69) is 48.0 Å². The average molecular weight is 298 g/mol. The van der Waals surface area contributed by atoms with Crippen LogP contribution < -0.4 is 4.90 Å². The average Bonchev–Trinajstić information content (AvgIpc) is 2.47. The number of rotatable bonds is 2. The molecule has 0 radical (unpaired) electrons. The van der Waals surface area contributed by atoms with Gasteiger partial charge in [0.15, 0.2) is 11.6 Å². The van der Waals surface area contributed by atoms with Gasteiger partial charge in [0.05, 0.1) is 12.2 Å². The fourth-order valence-electron chi connectivity index (χ4n) is 2.85. The van der Waals surface area contributed by atoms with Crippen LogP contribution in [0.4, 0.5) is 5.82 Å². The van der Waals surface area contributed by atoms with E-state index in [1.807, 2.05) is 19.1 Å². The molecule has 0 saturated carbocycles. The zero-order valence-electron chi connectivity index (χ0n) is 13.6. The first-order valence-corrected chi connectivity index (χ1v) is 7.71. The van der Waals surface area contributed by atoms with E-state index in [-0.39, 0.29) is 12.2 Å². The van der Waals surface area contributed by atoms with E-state index < -0.39 is 0 Å². The summed E-state index contributed by atoms with van der Waals surface area (Å²) in [5.41, 5.74) is 3.07. The highest BCUT2D eigenvalue weighted by Gasteiger charge is 2.25. The Morgan fingerprint density at radius 1 is 1.00 bits per heavy atom. The lowest BCUT2D eigenvalue weighted by atomic mass is 10.1. The number of morpholine rings is 1. The van der Waals surface area contributed by atoms with E-state index in [0.29, 0.717) is 5.82 Å². The summed E-state index contributed by atoms with van der Waals surface area (Å²) in [6.07, 6.45) is 0.391. The van der Waals surface area contributed by atoms with Crippen molar-refractivity contribution < 1.29 is 4.74 Å². The van der Waals surface area contributed by atoms with E-state index in [4.69, 9.17) is 9.72 Å². The molecule has 116 valence electrons. The van der Waals surface area contributed by atoms with Crippen LogP contribution in [0.15, 0.2) is 24.3 Å². The zero-order valence-corrected chi connectivity index (χ0v) is 13.6. The first-order chi connectivity index (χ1) is 10.5. The monoisotopic (exact) mass is 298 g/mol. The summed E-state index contributed by atoms with van der Waals surface area (Å²) in [4.78, 5) is 7.01. The number of hydrogen-bond acceptors (Lipinski definition) is 5. The maximum absolute atomic E-state index is 5.80. The number of ether oxygens (including phenoxy) is 1. The van der Waals surface area contributed by atoms with Crippen molar-refractivity contribution in [2.45, 2.75) is 39.9 Å². The number of aryl methyl sites for hydroxylation is 2. The molecule has 1 saturated heterocycles. The van der Waals surface area contributed by atoms with Crippen molar-refractivity contribution in [1.82, 2.24) is 15.2 Å². The maximum atomic E-state index is 5.80. The van der Waals surface area contributed by atoms with Gasteiger partial charge in [-0.2, -0.15) is 0 Å². The molecule has 0 spiro atoms. The van der Waals surface area contributed by atoms with Gasteiger partial charge in [-0.3, -0.25) is 0 Å². The second-order valence-corrected chi connectivity index (χ2v) is 6.07. The summed E-state index contributed by atoms with van der Waals surface area (Å²) in [6, 6.07) is 8.21. The predicted octanol–water partition coefficient (Wildman–Crippen LogP) is 2.77. The van der Waals surface area contributed by atoms with Crippen molar-refractivity contribution in [2.24, 2.45) is 0 Å². The molecule has 1 aromatic heterocycles. The van der Waals surface area contributed by atoms with Crippen LogP contribution in [0.2, 0.25) is 0 Å². The van der Waals surface area contributed by atoms with Crippen molar-refractivity contribution >= 4 is 5.82 Å². The number of nitrogens with zero attached hydrogens (tertiary/aromatic N) is 4. The molecule has 3 rings (SSSR count). The van der Waals surface area contributed by atoms with Gasteiger partial charge in [-0.15, -0.1) is 10.2 Å². The smallest absolute Gasteiger partial charge is 0.183 e. The third-order valence-electron chi connectivity index (χ3n) is 3.86. The minimum atomic E-state index is 0.195. The van der Waals surface area contributed by atoms with E-state index in [1.54, 1.807) is 0 Å². The molecule has 1 aliphatic heterocycles. The fraction of sp³-hybridized carbons (Fsp3) is 0.471. The van der Waals surface area contributed by atoms with Crippen LogP contribution in [0.25, 0.3) is 11.4 Å². The molecule has 0 amide bonds. The Morgan fingerprint density at radius 3 is 2.27 bits per heavy atom. The third kappa shape index (κ3) is 3.09. The number of benzene rings is 1. The molecular formula is C17H22N4O. The summed E-state index contributed by atoms with van der Waals surface area (Å²) in [5.74, 6) is 1.58. The molecule has 0 N–H and O–H groups in total. The first kappa shape index (κ1) is 14.9. The highest BCUT2D eigenvalue weighted by atomic mass is 16.5. The van der Waals surface area contributed by atoms with Gasteiger partial charge >= 0.3 is 0 Å². The van der Waals surface area contributed by atoms with E-state index in [1.165, 1.54) is 5.56 Å². The SMILES string of the molecule is Cc1ccc(-c2nnc(C)c(N3C[C@@H](C)O[C@H](C)C3)n2)cc1. The van der Waals surface area contributed by atoms with Gasteiger partial charge in [0.2, 0.25) is 0 Å². The summed E-state index contributed by atoms with van der Waals surface area (Å²) < 4.78 is 5.80. The molecule has 0 aliphatic carbocycles. The molecule has 2 heterocycles. The quantitative estimate of drug-likeness (QED) is 0.853. The highest BCUT2D eigenvalue weighted by molar-refractivity contribution is 5.58. The van der Waals surface area contributed by atoms with Crippen LogP contribution in [0.1, 0.15) is 25.1 Å². The van der Waals surface area contributed by atoms with Crippen LogP contribution in [0, 0.1) is 13.8 Å². The van der Waals surface area contributed by atoms with Gasteiger partial charge in [0.25, 0.3) is 0 Å². The topological polar surface area (TPSA) is 51.1 Å². The molecule has 1 aliphatic rings. The zero-order chi connectivity index (χ0) is 15.7. The minimum Gasteiger partial charge on any atom is -0.372 e. The van der Waals surface area contributed by atoms with Crippen LogP contribution in [0.3, 0.4) is 0 Å². The summed E-state index contributed by atoms with van der Waals surface area (Å²) in [7, 11) is 0. The summed E-state index contributed by atoms with van der Waals surface area (Å²) in [5, 5.41) is 8.56. The van der Waals surface area contributed by atoms with Crippen molar-refractivity contribution in [2.75, 3.05) is 18.0 Å². The van der Waals surface area contributed by atoms with Gasteiger partial charge < -0.3 is 9.64 Å². The molecule has 1 fully saturated rings. The standard InChI is InChI=1S/C17H22N4O/c1-11-5-7-15(8-6-11)16-18-17(14(4)19-20-16)21-9-12(2)22-13(3)10-21/h5-8,12-13H,9-10H2,1-4H3/t12-,13-/m1/s1. The molecule has 0 bridgehead atoms. The Morgan fingerprint density at radius 2 is 1.64 bits per heavy atom. The predicted molar refractivity (Wildman–Crippen MR) is 87.0 cm³/mol. The van der Waals surface area contributed by atoms with Crippen molar-refractivity contribution in [1.29, 1.82) is 0 Å². The summed E-state index contributed by atoms with van der Waals surface area (Å²) in [6.45, 7) is 9.87. The third-order valence-corrected chi connectivity index (χ3v) is 3.86. The first-order valence-electron chi connectivity index (χ1n) is 7.71. The van der Waals surface area contributed by atoms with Gasteiger partial charge in [-0.1, -0.05) is 29.8 Å². The van der Waals surface area contributed by atoms with Crippen molar-refractivity contribution in [3.8, 4) is 11.4 Å². The lowest BCUT2D eigenvalue weighted by Gasteiger charge is -2.36. The Balaban J connectivity index is 1.94. The largest absolute Gasteiger partial charge is 0.372 e. The second kappa shape index (κ2) is 6.01. The molecule has 5 heteroatoms. The lowest BCUT2D eigenvalue weighted by molar-refractivity contribution is -0.00552. The van der Waals surface area contributed by atoms with Crippen LogP contribution in [-0.2, 0) is 4.74 Å². The van der Waals surface area contributed by atoms with E-state index in [0.717, 1.165) is 30.2 Å². The lowest BCUT2D eigenvalue weighted by Crippen LogP contribution is -2.46. The molecule has 2 aromatic rings. The Bertz CT molecular complexity index is 646. The maximum Gasteiger partial charge on any atom is 0.183 e. The molecule has 1 aromatic carbocycles. The van der Waals surface area contributed by atoms with Crippen molar-refractivity contribution in [3.63, 3.8) is 0 Å². The van der Waals surface area contributed by atoms with E-state index in [9.17, 15) is 0 Å². The fourth-order valence-corrected chi connectivity index (χ4v) is 2.85. The molecular weight excluding hydrogens is 276 g/mol. The van der Waals surface area contributed by atoms with Crippen molar-refractivity contribution in [3.05, 3.63) is 35.5 Å². The second-order valence-electron chi connectivity index (χ2n) is 6.07. The van der Waals surface area contributed by atoms with Gasteiger partial charge in [0, 0.05) is 18.7 Å². The molecule has 2 atom stereocenters. The minimum absolute atomic E-state index is 0.195.